The van der Waals surface area contributed by atoms with Crippen molar-refractivity contribution in [2.45, 2.75) is 26.2 Å². The van der Waals surface area contributed by atoms with E-state index in [-0.39, 0.29) is 39.5 Å². The van der Waals surface area contributed by atoms with E-state index >= 15 is 0 Å². The van der Waals surface area contributed by atoms with E-state index in [2.05, 4.69) is 32.3 Å². The molecule has 0 radical (unpaired) electrons. The number of nitrogens with one attached hydrogen (secondary N) is 3. The highest BCUT2D eigenvalue weighted by Crippen LogP contribution is 2.37. The van der Waals surface area contributed by atoms with E-state index in [1.807, 2.05) is 0 Å². The third-order valence-corrected chi connectivity index (χ3v) is 6.17. The number of aromatic nitrogens is 3. The maximum Gasteiger partial charge on any atom is 0.295 e. The van der Waals surface area contributed by atoms with Crippen LogP contribution in [0.5, 0.6) is 5.75 Å². The number of amidine groups is 1. The Hall–Kier alpha value is -4.44. The Bertz CT molecular complexity index is 1460. The largest absolute Gasteiger partial charge is 0.494 e. The fourth-order valence-corrected chi connectivity index (χ4v) is 3.92. The summed E-state index contributed by atoms with van der Waals surface area (Å²) in [6.45, 7) is 1.38. The summed E-state index contributed by atoms with van der Waals surface area (Å²) in [5.74, 6) is 5.84. The molecular weight excluding hydrogens is 516 g/mol. The van der Waals surface area contributed by atoms with E-state index in [9.17, 15) is 13.6 Å². The number of amides is 1. The van der Waals surface area contributed by atoms with Gasteiger partial charge in [0.05, 0.1) is 13.3 Å². The van der Waals surface area contributed by atoms with Crippen molar-refractivity contribution >= 4 is 40.0 Å². The topological polar surface area (TPSA) is 137 Å². The van der Waals surface area contributed by atoms with Crippen LogP contribution in [-0.2, 0) is 4.74 Å². The van der Waals surface area contributed by atoms with Crippen molar-refractivity contribution in [3.63, 3.8) is 0 Å². The third kappa shape index (κ3) is 6.27. The fourth-order valence-electron chi connectivity index (χ4n) is 3.32. The predicted octanol–water partition coefficient (Wildman–Crippen LogP) is 4.94. The Balaban J connectivity index is 1.74. The van der Waals surface area contributed by atoms with E-state index < -0.39 is 18.0 Å². The summed E-state index contributed by atoms with van der Waals surface area (Å²) in [5, 5.41) is 26.9. The monoisotopic (exact) mass is 539 g/mol. The molecule has 0 bridgehead atoms. The number of anilines is 2. The fraction of sp³-hybridized carbons (Fsp3) is 0.280. The van der Waals surface area contributed by atoms with Crippen LogP contribution < -0.4 is 15.0 Å². The lowest BCUT2D eigenvalue weighted by atomic mass is 9.97. The van der Waals surface area contributed by atoms with Crippen LogP contribution in [0.1, 0.15) is 47.3 Å². The van der Waals surface area contributed by atoms with Crippen molar-refractivity contribution in [3.8, 4) is 28.7 Å². The summed E-state index contributed by atoms with van der Waals surface area (Å²) >= 11 is 1.12. The van der Waals surface area contributed by atoms with Crippen molar-refractivity contribution in [1.29, 1.82) is 10.8 Å². The first-order valence-corrected chi connectivity index (χ1v) is 12.2. The Morgan fingerprint density at radius 1 is 1.24 bits per heavy atom. The van der Waals surface area contributed by atoms with Gasteiger partial charge in [-0.15, -0.1) is 10.2 Å². The van der Waals surface area contributed by atoms with Gasteiger partial charge in [0, 0.05) is 42.3 Å². The summed E-state index contributed by atoms with van der Waals surface area (Å²) in [7, 11) is 2.89. The molecule has 38 heavy (non-hydrogen) atoms. The molecule has 1 aliphatic carbocycles. The maximum atomic E-state index is 13.5. The average Bonchev–Trinajstić information content (AvgIpc) is 3.63. The summed E-state index contributed by atoms with van der Waals surface area (Å²) in [6.07, 6.45) is 0.452. The quantitative estimate of drug-likeness (QED) is 0.229. The van der Waals surface area contributed by atoms with E-state index in [1.54, 1.807) is 6.07 Å². The molecule has 2 aromatic heterocycles. The Morgan fingerprint density at radius 3 is 2.66 bits per heavy atom. The van der Waals surface area contributed by atoms with Crippen molar-refractivity contribution in [2.24, 2.45) is 5.92 Å². The van der Waals surface area contributed by atoms with Gasteiger partial charge in [0.2, 0.25) is 5.13 Å². The molecule has 1 aliphatic rings. The van der Waals surface area contributed by atoms with Gasteiger partial charge in [-0.05, 0) is 43.0 Å². The molecule has 1 aromatic carbocycles. The Morgan fingerprint density at radius 2 is 2.00 bits per heavy atom. The van der Waals surface area contributed by atoms with Crippen LogP contribution in [0.2, 0.25) is 0 Å². The molecule has 0 atom stereocenters. The summed E-state index contributed by atoms with van der Waals surface area (Å²) < 4.78 is 37.5. The van der Waals surface area contributed by atoms with Gasteiger partial charge in [-0.2, -0.15) is 0 Å². The highest BCUT2D eigenvalue weighted by molar-refractivity contribution is 7.15. The maximum absolute atomic E-state index is 13.5. The van der Waals surface area contributed by atoms with E-state index in [4.69, 9.17) is 20.3 Å². The van der Waals surface area contributed by atoms with Gasteiger partial charge in [-0.3, -0.25) is 30.8 Å². The van der Waals surface area contributed by atoms with Crippen molar-refractivity contribution in [2.75, 3.05) is 24.4 Å². The Kier molecular flexibility index (Phi) is 7.92. The van der Waals surface area contributed by atoms with Crippen LogP contribution in [-0.4, -0.2) is 47.2 Å². The van der Waals surface area contributed by atoms with Gasteiger partial charge in [-0.1, -0.05) is 17.3 Å². The number of nitrogens with zero attached hydrogens (tertiary/aromatic N) is 4. The molecule has 3 aromatic rings. The Labute approximate surface area is 221 Å². The summed E-state index contributed by atoms with van der Waals surface area (Å²) in [4.78, 5) is 18.4. The molecule has 4 rings (SSSR count). The van der Waals surface area contributed by atoms with Crippen LogP contribution in [0.3, 0.4) is 0 Å². The van der Waals surface area contributed by atoms with Crippen LogP contribution in [0, 0.1) is 28.6 Å². The molecule has 0 spiro atoms. The van der Waals surface area contributed by atoms with Crippen molar-refractivity contribution in [3.05, 3.63) is 46.7 Å². The summed E-state index contributed by atoms with van der Waals surface area (Å²) in [6, 6.07) is 5.39. The molecule has 10 nitrogen and oxygen atoms in total. The first kappa shape index (κ1) is 26.6. The normalized spacial score (nSPS) is 12.4. The second-order valence-corrected chi connectivity index (χ2v) is 9.25. The zero-order valence-electron chi connectivity index (χ0n) is 20.6. The van der Waals surface area contributed by atoms with Crippen LogP contribution in [0.4, 0.5) is 19.6 Å². The van der Waals surface area contributed by atoms with Gasteiger partial charge < -0.3 is 9.47 Å². The predicted molar refractivity (Wildman–Crippen MR) is 139 cm³/mol. The lowest BCUT2D eigenvalue weighted by Crippen LogP contribution is -2.29. The molecule has 0 aliphatic heterocycles. The number of ether oxygens (including phenoxy) is 2. The minimum Gasteiger partial charge on any atom is -0.494 e. The van der Waals surface area contributed by atoms with Gasteiger partial charge >= 0.3 is 0 Å². The second-order valence-electron chi connectivity index (χ2n) is 8.27. The molecular formula is C25H23F2N7O3S. The minimum atomic E-state index is -2.85. The lowest BCUT2D eigenvalue weighted by Gasteiger charge is -2.21. The average molecular weight is 540 g/mol. The molecule has 0 saturated heterocycles. The standard InChI is InChI=1S/C25H23F2N7O3S/c1-13(28)37-24(29)34(2)15-7-8-16(17(10-15)18-11-19(22(26)27)30-12-20(18)36-3)23(35)31-25-33-32-21(38-25)9-6-14-4-5-14/h7-8,10-12,14,22,28-29H,4-5H2,1-3H3,(H,31,33,35). The number of rotatable bonds is 6. The number of methoxy groups -OCH3 is 1. The van der Waals surface area contributed by atoms with Gasteiger partial charge in [0.15, 0.2) is 10.9 Å². The second kappa shape index (κ2) is 11.3. The first-order valence-electron chi connectivity index (χ1n) is 11.3. The first-order chi connectivity index (χ1) is 18.2. The van der Waals surface area contributed by atoms with E-state index in [0.29, 0.717) is 16.6 Å². The smallest absolute Gasteiger partial charge is 0.295 e. The molecule has 1 fully saturated rings. The minimum absolute atomic E-state index is 0.128. The summed E-state index contributed by atoms with van der Waals surface area (Å²) in [5.41, 5.74) is 0.467. The van der Waals surface area contributed by atoms with Crippen LogP contribution in [0.15, 0.2) is 30.5 Å². The number of benzene rings is 1. The molecule has 196 valence electrons. The number of hydrogen-bond donors (Lipinski definition) is 3. The zero-order chi connectivity index (χ0) is 27.4. The van der Waals surface area contributed by atoms with E-state index in [1.165, 1.54) is 38.1 Å². The van der Waals surface area contributed by atoms with E-state index in [0.717, 1.165) is 36.4 Å². The molecule has 3 N–H and O–H groups in total. The number of carbonyl (C=O) groups is 1. The van der Waals surface area contributed by atoms with Crippen LogP contribution >= 0.6 is 11.3 Å². The molecule has 1 amide bonds. The van der Waals surface area contributed by atoms with Gasteiger partial charge in [-0.25, -0.2) is 8.78 Å². The SMILES string of the molecule is COc1cnc(C(F)F)cc1-c1cc(N(C)C(=N)OC(C)=N)ccc1C(=O)Nc1nnc(C#CC2CC2)s1. The highest BCUT2D eigenvalue weighted by Gasteiger charge is 2.23. The number of pyridine rings is 1. The number of alkyl halides is 2. The number of hydrogen-bond acceptors (Lipinski definition) is 9. The van der Waals surface area contributed by atoms with Crippen LogP contribution in [0.25, 0.3) is 11.1 Å². The van der Waals surface area contributed by atoms with Gasteiger partial charge in [0.1, 0.15) is 11.4 Å². The molecule has 0 unspecified atom stereocenters. The highest BCUT2D eigenvalue weighted by atomic mass is 32.1. The van der Waals surface area contributed by atoms with Gasteiger partial charge in [0.25, 0.3) is 18.4 Å². The van der Waals surface area contributed by atoms with Crippen molar-refractivity contribution < 1.29 is 23.0 Å². The third-order valence-electron chi connectivity index (χ3n) is 5.42. The number of halogens is 2. The molecule has 2 heterocycles. The zero-order valence-corrected chi connectivity index (χ0v) is 21.4. The lowest BCUT2D eigenvalue weighted by molar-refractivity contribution is 0.102. The number of carbonyl (C=O) groups excluding carboxylic acids is 1. The molecule has 13 heteroatoms. The molecule has 1 saturated carbocycles. The van der Waals surface area contributed by atoms with Crippen molar-refractivity contribution in [1.82, 2.24) is 15.2 Å².